The van der Waals surface area contributed by atoms with Crippen LogP contribution in [0.3, 0.4) is 0 Å². The van der Waals surface area contributed by atoms with Crippen LogP contribution in [-0.4, -0.2) is 41.0 Å². The summed E-state index contributed by atoms with van der Waals surface area (Å²) in [5.41, 5.74) is 0.732. The van der Waals surface area contributed by atoms with E-state index in [0.717, 1.165) is 10.5 Å². The molecule has 0 N–H and O–H groups in total. The van der Waals surface area contributed by atoms with Crippen molar-refractivity contribution < 1.29 is 9.47 Å². The molecule has 0 saturated heterocycles. The van der Waals surface area contributed by atoms with E-state index in [-0.39, 0.29) is 24.9 Å². The Labute approximate surface area is 205 Å². The van der Waals surface area contributed by atoms with Crippen LogP contribution >= 0.6 is 104 Å². The van der Waals surface area contributed by atoms with E-state index < -0.39 is 17.7 Å². The molecule has 0 amide bonds. The van der Waals surface area contributed by atoms with Crippen molar-refractivity contribution in [3.63, 3.8) is 0 Å². The van der Waals surface area contributed by atoms with Gasteiger partial charge < -0.3 is 9.47 Å². The minimum Gasteiger partial charge on any atom is -0.454 e. The van der Waals surface area contributed by atoms with Gasteiger partial charge in [-0.1, -0.05) is 110 Å². The van der Waals surface area contributed by atoms with Crippen molar-refractivity contribution in [2.24, 2.45) is 9.98 Å². The van der Waals surface area contributed by atoms with Gasteiger partial charge in [-0.25, -0.2) is 9.98 Å². The van der Waals surface area contributed by atoms with Gasteiger partial charge in [-0.15, -0.1) is 0 Å². The van der Waals surface area contributed by atoms with Crippen LogP contribution in [0.15, 0.2) is 28.2 Å². The second-order valence-electron chi connectivity index (χ2n) is 5.60. The van der Waals surface area contributed by atoms with E-state index in [9.17, 15) is 0 Å². The van der Waals surface area contributed by atoms with E-state index in [4.69, 9.17) is 114 Å². The summed E-state index contributed by atoms with van der Waals surface area (Å²) in [5, 5.41) is 0. The summed E-state index contributed by atoms with van der Waals surface area (Å²) in [7, 11) is 0. The summed E-state index contributed by atoms with van der Waals surface area (Å²) in [5.74, 6) is 1.11. The van der Waals surface area contributed by atoms with Gasteiger partial charge in [0.2, 0.25) is 14.4 Å². The Morgan fingerprint density at radius 3 is 2.18 bits per heavy atom. The summed E-state index contributed by atoms with van der Waals surface area (Å²) in [6.45, 7) is 0.124. The zero-order chi connectivity index (χ0) is 20.9. The van der Waals surface area contributed by atoms with Gasteiger partial charge in [0.15, 0.2) is 23.5 Å². The van der Waals surface area contributed by atoms with Gasteiger partial charge in [-0.3, -0.25) is 4.90 Å². The maximum absolute atomic E-state index is 6.12. The van der Waals surface area contributed by atoms with Crippen molar-refractivity contribution in [3.05, 3.63) is 23.8 Å². The van der Waals surface area contributed by atoms with Crippen LogP contribution in [0.2, 0.25) is 0 Å². The lowest BCUT2D eigenvalue weighted by molar-refractivity contribution is 0.174. The van der Waals surface area contributed by atoms with Gasteiger partial charge in [-0.2, -0.15) is 0 Å². The molecule has 0 bridgehead atoms. The summed E-state index contributed by atoms with van der Waals surface area (Å²) >= 11 is 54.4. The Balaban J connectivity index is 2.05. The number of benzene rings is 1. The molecule has 0 fully saturated rings. The SMILES string of the molecule is ClC(Cl)(Cl)C1=NC(C(Cl)(Cl)Cl)N(C(Cl)(Cl)Cl)C(Cc2ccc3c(c2)OCO3)=N1. The third-order valence-corrected chi connectivity index (χ3v) is 5.26. The molecule has 0 saturated carbocycles. The topological polar surface area (TPSA) is 46.4 Å². The van der Waals surface area contributed by atoms with Crippen LogP contribution in [0.25, 0.3) is 0 Å². The number of nitrogens with zero attached hydrogens (tertiary/aromatic N) is 3. The Hall–Kier alpha value is 0.570. The quantitative estimate of drug-likeness (QED) is 0.303. The standard InChI is InChI=1S/C14H8Cl9N3O2/c15-12(16,17)10-24-9(4-6-1-2-7-8(3-6)28-5-27-7)26(14(21,22)23)11(25-10)13(18,19)20/h1-3,11H,4-5H2. The molecule has 154 valence electrons. The predicted molar refractivity (Wildman–Crippen MR) is 118 cm³/mol. The van der Waals surface area contributed by atoms with Crippen LogP contribution in [0, 0.1) is 0 Å². The largest absolute Gasteiger partial charge is 0.454 e. The lowest BCUT2D eigenvalue weighted by Gasteiger charge is -2.42. The number of hydrogen-bond donors (Lipinski definition) is 0. The normalized spacial score (nSPS) is 20.2. The zero-order valence-electron chi connectivity index (χ0n) is 13.3. The molecule has 2 aliphatic heterocycles. The summed E-state index contributed by atoms with van der Waals surface area (Å²) in [6.07, 6.45) is -1.20. The number of aliphatic imine (C=N–C) groups is 2. The second-order valence-corrected chi connectivity index (χ2v) is 12.5. The zero-order valence-corrected chi connectivity index (χ0v) is 20.1. The molecule has 2 aliphatic rings. The summed E-state index contributed by atoms with van der Waals surface area (Å²) < 4.78 is 4.58. The molecular formula is C14H8Cl9N3O2. The van der Waals surface area contributed by atoms with Crippen LogP contribution in [-0.2, 0) is 6.42 Å². The average molecular weight is 569 g/mol. The van der Waals surface area contributed by atoms with Crippen LogP contribution in [0.5, 0.6) is 11.5 Å². The molecule has 14 heteroatoms. The summed E-state index contributed by atoms with van der Waals surface area (Å²) in [4.78, 5) is 9.46. The van der Waals surface area contributed by atoms with Gasteiger partial charge in [0.25, 0.3) is 3.92 Å². The van der Waals surface area contributed by atoms with Gasteiger partial charge in [-0.05, 0) is 17.7 Å². The van der Waals surface area contributed by atoms with Crippen LogP contribution in [0.1, 0.15) is 5.56 Å². The van der Waals surface area contributed by atoms with Crippen molar-refractivity contribution in [3.8, 4) is 11.5 Å². The fourth-order valence-electron chi connectivity index (χ4n) is 2.52. The van der Waals surface area contributed by atoms with Crippen molar-refractivity contribution in [2.45, 2.75) is 24.1 Å². The molecule has 0 aliphatic carbocycles. The number of amidine groups is 2. The first-order chi connectivity index (χ1) is 12.8. The third kappa shape index (κ3) is 5.24. The highest BCUT2D eigenvalue weighted by atomic mass is 35.6. The first-order valence-corrected chi connectivity index (χ1v) is 10.7. The third-order valence-electron chi connectivity index (χ3n) is 3.62. The lowest BCUT2D eigenvalue weighted by atomic mass is 10.1. The number of halogens is 9. The van der Waals surface area contributed by atoms with E-state index in [2.05, 4.69) is 9.98 Å². The highest BCUT2D eigenvalue weighted by molar-refractivity contribution is 6.77. The number of fused-ring (bicyclic) bond motifs is 1. The monoisotopic (exact) mass is 565 g/mol. The molecule has 0 radical (unpaired) electrons. The number of rotatable bonds is 2. The highest BCUT2D eigenvalue weighted by Crippen LogP contribution is 2.45. The van der Waals surface area contributed by atoms with Crippen LogP contribution < -0.4 is 9.47 Å². The Bertz CT molecular complexity index is 827. The molecule has 5 nitrogen and oxygen atoms in total. The summed E-state index contributed by atoms with van der Waals surface area (Å²) in [6, 6.07) is 5.25. The average Bonchev–Trinajstić information content (AvgIpc) is 2.99. The van der Waals surface area contributed by atoms with Crippen LogP contribution in [0.4, 0.5) is 0 Å². The van der Waals surface area contributed by atoms with Crippen molar-refractivity contribution >= 4 is 116 Å². The molecular weight excluding hydrogens is 561 g/mol. The second kappa shape index (κ2) is 8.25. The number of ether oxygens (including phenoxy) is 2. The molecule has 28 heavy (non-hydrogen) atoms. The Kier molecular flexibility index (Phi) is 6.85. The van der Waals surface area contributed by atoms with Crippen molar-refractivity contribution in [2.75, 3.05) is 6.79 Å². The van der Waals surface area contributed by atoms with Crippen molar-refractivity contribution in [1.82, 2.24) is 4.90 Å². The van der Waals surface area contributed by atoms with Crippen molar-refractivity contribution in [1.29, 1.82) is 0 Å². The molecule has 0 aromatic heterocycles. The van der Waals surface area contributed by atoms with Gasteiger partial charge >= 0.3 is 0 Å². The maximum Gasteiger partial charge on any atom is 0.270 e. The first-order valence-electron chi connectivity index (χ1n) is 7.30. The van der Waals surface area contributed by atoms with Gasteiger partial charge in [0.1, 0.15) is 5.84 Å². The molecule has 3 rings (SSSR count). The van der Waals surface area contributed by atoms with Gasteiger partial charge in [0.05, 0.1) is 0 Å². The number of hydrogen-bond acceptors (Lipinski definition) is 5. The van der Waals surface area contributed by atoms with E-state index in [0.29, 0.717) is 11.5 Å². The highest BCUT2D eigenvalue weighted by Gasteiger charge is 2.50. The molecule has 1 atom stereocenters. The predicted octanol–water partition coefficient (Wildman–Crippen LogP) is 6.46. The van der Waals surface area contributed by atoms with Gasteiger partial charge in [0, 0.05) is 6.42 Å². The molecule has 2 heterocycles. The van der Waals surface area contributed by atoms with E-state index in [1.165, 1.54) is 0 Å². The lowest BCUT2D eigenvalue weighted by Crippen LogP contribution is -2.56. The molecule has 1 unspecified atom stereocenters. The Morgan fingerprint density at radius 1 is 0.964 bits per heavy atom. The minimum atomic E-state index is -2.06. The molecule has 0 spiro atoms. The Morgan fingerprint density at radius 2 is 1.61 bits per heavy atom. The van der Waals surface area contributed by atoms with E-state index in [1.54, 1.807) is 18.2 Å². The number of alkyl halides is 9. The first kappa shape index (κ1) is 23.2. The smallest absolute Gasteiger partial charge is 0.270 e. The fourth-order valence-corrected chi connectivity index (χ4v) is 3.80. The van der Waals surface area contributed by atoms with E-state index >= 15 is 0 Å². The fraction of sp³-hybridized carbons (Fsp3) is 0.429. The minimum absolute atomic E-state index is 0.124. The maximum atomic E-state index is 6.12. The molecule has 1 aromatic carbocycles. The van der Waals surface area contributed by atoms with E-state index in [1.807, 2.05) is 0 Å². The molecule has 1 aromatic rings.